The van der Waals surface area contributed by atoms with Gasteiger partial charge >= 0.3 is 0 Å². The van der Waals surface area contributed by atoms with E-state index in [0.29, 0.717) is 5.56 Å². The van der Waals surface area contributed by atoms with E-state index >= 15 is 0 Å². The van der Waals surface area contributed by atoms with Gasteiger partial charge in [-0.25, -0.2) is 16.8 Å². The Morgan fingerprint density at radius 1 is 0.707 bits per heavy atom. The fourth-order valence-corrected chi connectivity index (χ4v) is 6.07. The normalized spacial score (nSPS) is 12.5. The molecule has 0 saturated carbocycles. The van der Waals surface area contributed by atoms with Gasteiger partial charge in [-0.15, -0.1) is 0 Å². The summed E-state index contributed by atoms with van der Waals surface area (Å²) in [6, 6.07) is 28.0. The number of fused-ring (bicyclic) bond motifs is 1. The quantitative estimate of drug-likeness (QED) is 0.237. The number of aliphatic hydroxyl groups excluding tert-OH is 1. The number of benzene rings is 4. The molecule has 0 atom stereocenters. The summed E-state index contributed by atoms with van der Waals surface area (Å²) in [4.78, 5) is 4.87. The average molecular weight is 586 g/mol. The van der Waals surface area contributed by atoms with E-state index in [1.54, 1.807) is 44.3 Å². The third-order valence-corrected chi connectivity index (χ3v) is 10.9. The molecule has 0 fully saturated rings. The summed E-state index contributed by atoms with van der Waals surface area (Å²) < 4.78 is 48.3. The van der Waals surface area contributed by atoms with Crippen LogP contribution in [-0.4, -0.2) is 39.4 Å². The number of aliphatic hydroxyl groups is 1. The SMILES string of the molecule is CC(C)(c1cc(-c2cccc(-c3ccc(CO)cc3-c3ccc(S(C)(=O)=O)cc3)c2)c2ncccc2c1)S(C)(=O)=O. The Balaban J connectivity index is 1.70. The predicted octanol–water partition coefficient (Wildman–Crippen LogP) is 6.41. The standard InChI is InChI=1S/C33H31NO5S2/c1-33(2,41(4,38)39)27-19-26-9-6-16-34-32(26)31(20-27)25-8-5-7-24(18-25)29-15-10-22(21-35)17-30(29)23-11-13-28(14-12-23)40(3,36)37/h5-20,35H,21H2,1-4H3. The van der Waals surface area contributed by atoms with Crippen molar-refractivity contribution in [2.24, 2.45) is 0 Å². The summed E-state index contributed by atoms with van der Waals surface area (Å²) in [6.07, 6.45) is 4.15. The van der Waals surface area contributed by atoms with E-state index < -0.39 is 24.4 Å². The fourth-order valence-electron chi connectivity index (χ4n) is 4.89. The molecular formula is C33H31NO5S2. The van der Waals surface area contributed by atoms with Crippen molar-refractivity contribution in [3.05, 3.63) is 108 Å². The van der Waals surface area contributed by atoms with Crippen molar-refractivity contribution in [2.75, 3.05) is 12.5 Å². The summed E-state index contributed by atoms with van der Waals surface area (Å²) >= 11 is 0. The van der Waals surface area contributed by atoms with Crippen LogP contribution in [0.4, 0.5) is 0 Å². The third kappa shape index (κ3) is 5.55. The van der Waals surface area contributed by atoms with Crippen LogP contribution in [0.3, 0.4) is 0 Å². The van der Waals surface area contributed by atoms with Crippen LogP contribution < -0.4 is 0 Å². The predicted molar refractivity (Wildman–Crippen MR) is 165 cm³/mol. The lowest BCUT2D eigenvalue weighted by Crippen LogP contribution is -2.28. The molecule has 41 heavy (non-hydrogen) atoms. The van der Waals surface area contributed by atoms with Gasteiger partial charge in [0.05, 0.1) is 21.8 Å². The van der Waals surface area contributed by atoms with Crippen molar-refractivity contribution in [3.63, 3.8) is 0 Å². The Morgan fingerprint density at radius 2 is 1.39 bits per heavy atom. The molecule has 0 amide bonds. The molecule has 0 radical (unpaired) electrons. The Morgan fingerprint density at radius 3 is 2.02 bits per heavy atom. The summed E-state index contributed by atoms with van der Waals surface area (Å²) in [5, 5.41) is 10.7. The van der Waals surface area contributed by atoms with E-state index in [1.165, 1.54) is 12.5 Å². The van der Waals surface area contributed by atoms with Crippen LogP contribution in [0.2, 0.25) is 0 Å². The molecule has 0 aliphatic carbocycles. The summed E-state index contributed by atoms with van der Waals surface area (Å²) in [5.74, 6) is 0. The minimum absolute atomic E-state index is 0.130. The molecule has 6 nitrogen and oxygen atoms in total. The minimum atomic E-state index is -3.41. The van der Waals surface area contributed by atoms with Gasteiger partial charge in [-0.2, -0.15) is 0 Å². The molecule has 5 rings (SSSR count). The van der Waals surface area contributed by atoms with Gasteiger partial charge in [0.15, 0.2) is 19.7 Å². The van der Waals surface area contributed by atoms with Crippen LogP contribution in [0.15, 0.2) is 102 Å². The maximum absolute atomic E-state index is 12.7. The second kappa shape index (κ2) is 10.5. The largest absolute Gasteiger partial charge is 0.392 e. The molecule has 5 aromatic rings. The summed E-state index contributed by atoms with van der Waals surface area (Å²) in [6.45, 7) is 3.30. The Kier molecular flexibility index (Phi) is 7.36. The van der Waals surface area contributed by atoms with Gasteiger partial charge in [-0.1, -0.05) is 48.5 Å². The number of pyridine rings is 1. The highest BCUT2D eigenvalue weighted by Crippen LogP contribution is 2.39. The first-order chi connectivity index (χ1) is 19.3. The zero-order valence-electron chi connectivity index (χ0n) is 23.3. The molecule has 0 aliphatic heterocycles. The second-order valence-corrected chi connectivity index (χ2v) is 15.4. The maximum Gasteiger partial charge on any atom is 0.175 e. The van der Waals surface area contributed by atoms with Crippen molar-refractivity contribution in [1.82, 2.24) is 4.98 Å². The van der Waals surface area contributed by atoms with Crippen LogP contribution in [0.5, 0.6) is 0 Å². The van der Waals surface area contributed by atoms with E-state index in [4.69, 9.17) is 0 Å². The van der Waals surface area contributed by atoms with Crippen molar-refractivity contribution < 1.29 is 21.9 Å². The van der Waals surface area contributed by atoms with Crippen LogP contribution in [0, 0.1) is 0 Å². The highest BCUT2D eigenvalue weighted by molar-refractivity contribution is 7.91. The molecule has 1 N–H and O–H groups in total. The zero-order chi connectivity index (χ0) is 29.6. The topological polar surface area (TPSA) is 101 Å². The van der Waals surface area contributed by atoms with Crippen LogP contribution in [0.25, 0.3) is 44.3 Å². The highest BCUT2D eigenvalue weighted by atomic mass is 32.2. The van der Waals surface area contributed by atoms with Gasteiger partial charge in [0.1, 0.15) is 0 Å². The fraction of sp³-hybridized carbons (Fsp3) is 0.182. The first-order valence-corrected chi connectivity index (χ1v) is 16.8. The molecule has 0 aliphatic rings. The Hall–Kier alpha value is -3.85. The first kappa shape index (κ1) is 28.7. The molecule has 210 valence electrons. The second-order valence-electron chi connectivity index (χ2n) is 10.8. The Labute approximate surface area is 241 Å². The van der Waals surface area contributed by atoms with E-state index in [9.17, 15) is 21.9 Å². The number of hydrogen-bond acceptors (Lipinski definition) is 6. The van der Waals surface area contributed by atoms with Crippen molar-refractivity contribution in [2.45, 2.75) is 30.1 Å². The van der Waals surface area contributed by atoms with E-state index in [1.807, 2.05) is 66.7 Å². The maximum atomic E-state index is 12.7. The average Bonchev–Trinajstić information content (AvgIpc) is 2.95. The molecule has 0 saturated heterocycles. The molecule has 0 spiro atoms. The van der Waals surface area contributed by atoms with Gasteiger partial charge < -0.3 is 5.11 Å². The summed E-state index contributed by atoms with van der Waals surface area (Å²) in [7, 11) is -6.75. The number of sulfone groups is 2. The van der Waals surface area contributed by atoms with Crippen molar-refractivity contribution >= 4 is 30.6 Å². The number of rotatable bonds is 7. The smallest absolute Gasteiger partial charge is 0.175 e. The molecule has 1 aromatic heterocycles. The third-order valence-electron chi connectivity index (χ3n) is 7.67. The molecule has 0 unspecified atom stereocenters. The van der Waals surface area contributed by atoms with E-state index in [-0.39, 0.29) is 11.5 Å². The number of aromatic nitrogens is 1. The number of nitrogens with zero attached hydrogens (tertiary/aromatic N) is 1. The van der Waals surface area contributed by atoms with Crippen molar-refractivity contribution in [3.8, 4) is 33.4 Å². The van der Waals surface area contributed by atoms with Gasteiger partial charge in [0.25, 0.3) is 0 Å². The lowest BCUT2D eigenvalue weighted by Gasteiger charge is -2.24. The highest BCUT2D eigenvalue weighted by Gasteiger charge is 2.33. The Bertz CT molecular complexity index is 2000. The van der Waals surface area contributed by atoms with Gasteiger partial charge in [0, 0.05) is 29.7 Å². The van der Waals surface area contributed by atoms with E-state index in [0.717, 1.165) is 49.8 Å². The van der Waals surface area contributed by atoms with Gasteiger partial charge in [-0.3, -0.25) is 4.98 Å². The minimum Gasteiger partial charge on any atom is -0.392 e. The van der Waals surface area contributed by atoms with E-state index in [2.05, 4.69) is 4.98 Å². The first-order valence-electron chi connectivity index (χ1n) is 13.0. The monoisotopic (exact) mass is 585 g/mol. The van der Waals surface area contributed by atoms with Gasteiger partial charge in [0.2, 0.25) is 0 Å². The van der Waals surface area contributed by atoms with Crippen LogP contribution >= 0.6 is 0 Å². The van der Waals surface area contributed by atoms with Gasteiger partial charge in [-0.05, 0) is 95.3 Å². The van der Waals surface area contributed by atoms with Crippen LogP contribution in [0.1, 0.15) is 25.0 Å². The molecule has 0 bridgehead atoms. The summed E-state index contributed by atoms with van der Waals surface area (Å²) in [5.41, 5.74) is 7.36. The molecule has 8 heteroatoms. The van der Waals surface area contributed by atoms with Crippen molar-refractivity contribution in [1.29, 1.82) is 0 Å². The zero-order valence-corrected chi connectivity index (χ0v) is 24.9. The molecule has 4 aromatic carbocycles. The molecule has 1 heterocycles. The lowest BCUT2D eigenvalue weighted by atomic mass is 9.89. The number of hydrogen-bond donors (Lipinski definition) is 1. The lowest BCUT2D eigenvalue weighted by molar-refractivity contribution is 0.282. The molecular weight excluding hydrogens is 554 g/mol. The van der Waals surface area contributed by atoms with Crippen LogP contribution in [-0.2, 0) is 31.0 Å².